The van der Waals surface area contributed by atoms with Crippen molar-refractivity contribution < 1.29 is 18.0 Å². The summed E-state index contributed by atoms with van der Waals surface area (Å²) in [4.78, 5) is 27.9. The Labute approximate surface area is 158 Å². The first-order valence-corrected chi connectivity index (χ1v) is 8.39. The summed E-state index contributed by atoms with van der Waals surface area (Å²) in [7, 11) is 0. The molecule has 0 aliphatic carbocycles. The summed E-state index contributed by atoms with van der Waals surface area (Å²) in [6, 6.07) is 8.49. The minimum Gasteiger partial charge on any atom is -0.348 e. The largest absolute Gasteiger partial charge is 0.417 e. The molecule has 6 nitrogen and oxygen atoms in total. The van der Waals surface area contributed by atoms with Crippen LogP contribution in [0.15, 0.2) is 66.1 Å². The first kappa shape index (κ1) is 19.4. The van der Waals surface area contributed by atoms with E-state index in [2.05, 4.69) is 10.3 Å². The molecule has 0 aliphatic heterocycles. The molecule has 0 radical (unpaired) electrons. The highest BCUT2D eigenvalue weighted by molar-refractivity contribution is 5.76. The molecule has 3 rings (SSSR count). The van der Waals surface area contributed by atoms with Crippen molar-refractivity contribution >= 4 is 5.91 Å². The molecule has 2 heterocycles. The number of halogens is 3. The van der Waals surface area contributed by atoms with Crippen LogP contribution < -0.4 is 10.9 Å². The van der Waals surface area contributed by atoms with Crippen LogP contribution in [0.4, 0.5) is 13.2 Å². The fourth-order valence-electron chi connectivity index (χ4n) is 2.69. The monoisotopic (exact) mass is 390 g/mol. The minimum absolute atomic E-state index is 0.383. The third kappa shape index (κ3) is 4.48. The molecule has 3 aromatic rings. The van der Waals surface area contributed by atoms with Gasteiger partial charge in [0.2, 0.25) is 5.91 Å². The second kappa shape index (κ2) is 7.71. The number of imidazole rings is 1. The van der Waals surface area contributed by atoms with Crippen LogP contribution in [-0.4, -0.2) is 20.0 Å². The van der Waals surface area contributed by atoms with Crippen molar-refractivity contribution in [3.8, 4) is 5.69 Å². The summed E-state index contributed by atoms with van der Waals surface area (Å²) in [5, 5.41) is 2.69. The van der Waals surface area contributed by atoms with Crippen LogP contribution in [0.1, 0.15) is 24.1 Å². The van der Waals surface area contributed by atoms with Gasteiger partial charge in [0.15, 0.2) is 0 Å². The van der Waals surface area contributed by atoms with Crippen molar-refractivity contribution in [3.05, 3.63) is 82.8 Å². The number of pyridine rings is 1. The molecular weight excluding hydrogens is 373 g/mol. The topological polar surface area (TPSA) is 68.9 Å². The lowest BCUT2D eigenvalue weighted by Gasteiger charge is -2.16. The number of amides is 1. The molecule has 1 atom stereocenters. The molecule has 0 spiro atoms. The summed E-state index contributed by atoms with van der Waals surface area (Å²) in [5.74, 6) is -0.562. The van der Waals surface area contributed by atoms with E-state index < -0.39 is 29.8 Å². The molecule has 0 unspecified atom stereocenters. The average Bonchev–Trinajstić information content (AvgIpc) is 3.17. The van der Waals surface area contributed by atoms with Crippen LogP contribution in [0, 0.1) is 0 Å². The molecular formula is C19H17F3N4O2. The number of nitrogens with zero attached hydrogens (tertiary/aromatic N) is 3. The van der Waals surface area contributed by atoms with Crippen LogP contribution >= 0.6 is 0 Å². The minimum atomic E-state index is -4.59. The maximum absolute atomic E-state index is 12.8. The number of hydrogen-bond acceptors (Lipinski definition) is 3. The van der Waals surface area contributed by atoms with Crippen molar-refractivity contribution in [1.82, 2.24) is 19.4 Å². The summed E-state index contributed by atoms with van der Waals surface area (Å²) in [6.07, 6.45) is 1.18. The van der Waals surface area contributed by atoms with E-state index in [0.717, 1.165) is 21.9 Å². The van der Waals surface area contributed by atoms with Crippen LogP contribution in [0.25, 0.3) is 5.69 Å². The highest BCUT2D eigenvalue weighted by Gasteiger charge is 2.31. The number of rotatable bonds is 5. The van der Waals surface area contributed by atoms with E-state index in [1.807, 2.05) is 28.8 Å². The van der Waals surface area contributed by atoms with Gasteiger partial charge in [-0.3, -0.25) is 9.59 Å². The second-order valence-electron chi connectivity index (χ2n) is 6.23. The normalized spacial score (nSPS) is 12.6. The van der Waals surface area contributed by atoms with Gasteiger partial charge in [0.05, 0.1) is 17.9 Å². The molecule has 146 valence electrons. The van der Waals surface area contributed by atoms with Crippen molar-refractivity contribution in [2.45, 2.75) is 25.7 Å². The van der Waals surface area contributed by atoms with E-state index in [1.54, 1.807) is 25.6 Å². The Kier molecular flexibility index (Phi) is 5.34. The third-order valence-electron chi connectivity index (χ3n) is 4.20. The standard InChI is InChI=1S/C19H17F3N4O2/c1-13(14-2-5-16(6-3-14)25-9-8-23-12-25)24-17(27)11-26-10-15(19(20,21)22)4-7-18(26)28/h2-10,12-13H,11H2,1H3,(H,24,27)/t13-/m0/s1. The smallest absolute Gasteiger partial charge is 0.348 e. The molecule has 1 aromatic carbocycles. The summed E-state index contributed by atoms with van der Waals surface area (Å²) < 4.78 is 40.9. The molecule has 28 heavy (non-hydrogen) atoms. The summed E-state index contributed by atoms with van der Waals surface area (Å²) in [5.41, 5.74) is 0.0485. The Balaban J connectivity index is 1.67. The zero-order valence-corrected chi connectivity index (χ0v) is 14.8. The number of alkyl halides is 3. The van der Waals surface area contributed by atoms with Gasteiger partial charge in [-0.15, -0.1) is 0 Å². The number of benzene rings is 1. The molecule has 1 N–H and O–H groups in total. The van der Waals surface area contributed by atoms with Gasteiger partial charge in [0.25, 0.3) is 5.56 Å². The Hall–Kier alpha value is -3.36. The lowest BCUT2D eigenvalue weighted by Crippen LogP contribution is -2.34. The van der Waals surface area contributed by atoms with Crippen LogP contribution in [0.3, 0.4) is 0 Å². The number of hydrogen-bond donors (Lipinski definition) is 1. The van der Waals surface area contributed by atoms with E-state index in [0.29, 0.717) is 12.3 Å². The number of aromatic nitrogens is 3. The van der Waals surface area contributed by atoms with Crippen LogP contribution in [0.2, 0.25) is 0 Å². The Morgan fingerprint density at radius 1 is 1.18 bits per heavy atom. The quantitative estimate of drug-likeness (QED) is 0.728. The maximum Gasteiger partial charge on any atom is 0.417 e. The van der Waals surface area contributed by atoms with E-state index >= 15 is 0 Å². The van der Waals surface area contributed by atoms with Gasteiger partial charge in [0, 0.05) is 30.3 Å². The molecule has 0 saturated heterocycles. The van der Waals surface area contributed by atoms with Crippen molar-refractivity contribution in [1.29, 1.82) is 0 Å². The maximum atomic E-state index is 12.8. The van der Waals surface area contributed by atoms with Crippen molar-refractivity contribution in [3.63, 3.8) is 0 Å². The highest BCUT2D eigenvalue weighted by Crippen LogP contribution is 2.28. The van der Waals surface area contributed by atoms with Gasteiger partial charge in [-0.25, -0.2) is 4.98 Å². The fourth-order valence-corrected chi connectivity index (χ4v) is 2.69. The predicted molar refractivity (Wildman–Crippen MR) is 95.8 cm³/mol. The molecule has 0 fully saturated rings. The first-order chi connectivity index (χ1) is 13.2. The van der Waals surface area contributed by atoms with Gasteiger partial charge in [-0.05, 0) is 30.7 Å². The Morgan fingerprint density at radius 2 is 1.89 bits per heavy atom. The molecule has 9 heteroatoms. The SMILES string of the molecule is C[C@H](NC(=O)Cn1cc(C(F)(F)F)ccc1=O)c1ccc(-n2ccnc2)cc1. The van der Waals surface area contributed by atoms with E-state index in [4.69, 9.17) is 0 Å². The molecule has 1 amide bonds. The van der Waals surface area contributed by atoms with E-state index in [1.165, 1.54) is 0 Å². The average molecular weight is 390 g/mol. The van der Waals surface area contributed by atoms with Crippen LogP contribution in [0.5, 0.6) is 0 Å². The molecule has 0 saturated carbocycles. The van der Waals surface area contributed by atoms with Gasteiger partial charge in [0.1, 0.15) is 6.54 Å². The van der Waals surface area contributed by atoms with Gasteiger partial charge in [-0.2, -0.15) is 13.2 Å². The fraction of sp³-hybridized carbons (Fsp3) is 0.211. The Bertz CT molecular complexity index is 1010. The third-order valence-corrected chi connectivity index (χ3v) is 4.20. The van der Waals surface area contributed by atoms with Crippen molar-refractivity contribution in [2.75, 3.05) is 0 Å². The second-order valence-corrected chi connectivity index (χ2v) is 6.23. The highest BCUT2D eigenvalue weighted by atomic mass is 19.4. The van der Waals surface area contributed by atoms with E-state index in [-0.39, 0.29) is 6.04 Å². The van der Waals surface area contributed by atoms with E-state index in [9.17, 15) is 22.8 Å². The zero-order valence-electron chi connectivity index (χ0n) is 14.8. The number of nitrogens with one attached hydrogen (secondary N) is 1. The van der Waals surface area contributed by atoms with Gasteiger partial charge < -0.3 is 14.5 Å². The van der Waals surface area contributed by atoms with Gasteiger partial charge >= 0.3 is 6.18 Å². The first-order valence-electron chi connectivity index (χ1n) is 8.39. The zero-order chi connectivity index (χ0) is 20.3. The number of carbonyl (C=O) groups excluding carboxylic acids is 1. The molecule has 0 aliphatic rings. The molecule has 0 bridgehead atoms. The summed E-state index contributed by atoms with van der Waals surface area (Å²) >= 11 is 0. The lowest BCUT2D eigenvalue weighted by molar-refractivity contribution is -0.138. The predicted octanol–water partition coefficient (Wildman–Crippen LogP) is 2.93. The summed E-state index contributed by atoms with van der Waals surface area (Å²) in [6.45, 7) is 1.25. The van der Waals surface area contributed by atoms with Gasteiger partial charge in [-0.1, -0.05) is 12.1 Å². The van der Waals surface area contributed by atoms with Crippen LogP contribution in [-0.2, 0) is 17.5 Å². The Morgan fingerprint density at radius 3 is 2.50 bits per heavy atom. The molecule has 2 aromatic heterocycles. The lowest BCUT2D eigenvalue weighted by atomic mass is 10.1. The number of carbonyl (C=O) groups is 1. The van der Waals surface area contributed by atoms with Crippen molar-refractivity contribution in [2.24, 2.45) is 0 Å².